The van der Waals surface area contributed by atoms with Gasteiger partial charge in [0.2, 0.25) is 5.13 Å². The molecule has 0 saturated carbocycles. The Balaban J connectivity index is 2.51. The van der Waals surface area contributed by atoms with Crippen molar-refractivity contribution in [3.8, 4) is 0 Å². The number of guanidine groups is 1. The summed E-state index contributed by atoms with van der Waals surface area (Å²) in [5.41, 5.74) is 16.6. The molecule has 0 aliphatic carbocycles. The highest BCUT2D eigenvalue weighted by atomic mass is 32.2. The van der Waals surface area contributed by atoms with Crippen molar-refractivity contribution in [3.05, 3.63) is 22.6 Å². The van der Waals surface area contributed by atoms with Gasteiger partial charge in [0, 0.05) is 11.1 Å². The van der Waals surface area contributed by atoms with Gasteiger partial charge in [0.1, 0.15) is 5.84 Å². The molecular weight excluding hydrogens is 322 g/mol. The first-order valence-corrected chi connectivity index (χ1v) is 8.40. The third-order valence-corrected chi connectivity index (χ3v) is 3.60. The van der Waals surface area contributed by atoms with Crippen LogP contribution in [-0.2, 0) is 16.0 Å². The van der Waals surface area contributed by atoms with Crippen LogP contribution in [0.1, 0.15) is 5.69 Å². The summed E-state index contributed by atoms with van der Waals surface area (Å²) in [6.45, 7) is 0. The molecule has 12 heteroatoms. The van der Waals surface area contributed by atoms with Crippen molar-refractivity contribution < 1.29 is 8.42 Å². The molecule has 0 amide bonds. The minimum absolute atomic E-state index is 0.0505. The molecule has 0 spiro atoms. The summed E-state index contributed by atoms with van der Waals surface area (Å²) in [6.07, 6.45) is 1.33. The Bertz CT molecular complexity index is 643. The molecule has 1 aromatic heterocycles. The topological polar surface area (TPSA) is 176 Å². The second-order valence-corrected chi connectivity index (χ2v) is 6.25. The Morgan fingerprint density at radius 2 is 2.15 bits per heavy atom. The SMILES string of the molecule is NC(N)=Nc1nc(CS/C=C/C(N)=N/S(N)(=O)=O)cs1. The zero-order valence-electron chi connectivity index (χ0n) is 10.1. The van der Waals surface area contributed by atoms with Crippen molar-refractivity contribution in [2.24, 2.45) is 31.7 Å². The van der Waals surface area contributed by atoms with E-state index in [1.807, 2.05) is 5.38 Å². The van der Waals surface area contributed by atoms with Crippen molar-refractivity contribution in [1.29, 1.82) is 0 Å². The quantitative estimate of drug-likeness (QED) is 0.394. The normalized spacial score (nSPS) is 12.8. The highest BCUT2D eigenvalue weighted by molar-refractivity contribution is 8.01. The molecule has 8 N–H and O–H groups in total. The molecule has 0 saturated heterocycles. The van der Waals surface area contributed by atoms with Crippen LogP contribution < -0.4 is 22.3 Å². The predicted molar refractivity (Wildman–Crippen MR) is 82.7 cm³/mol. The summed E-state index contributed by atoms with van der Waals surface area (Å²) in [5, 5.41) is 8.57. The molecule has 0 atom stereocenters. The summed E-state index contributed by atoms with van der Waals surface area (Å²) in [4.78, 5) is 7.97. The molecule has 1 rings (SSSR count). The van der Waals surface area contributed by atoms with Gasteiger partial charge in [-0.1, -0.05) is 0 Å². The van der Waals surface area contributed by atoms with Crippen molar-refractivity contribution >= 4 is 50.2 Å². The van der Waals surface area contributed by atoms with E-state index in [1.165, 1.54) is 29.2 Å². The summed E-state index contributed by atoms with van der Waals surface area (Å²) >= 11 is 2.66. The summed E-state index contributed by atoms with van der Waals surface area (Å²) in [5.74, 6) is 0.306. The fourth-order valence-electron chi connectivity index (χ4n) is 0.953. The van der Waals surface area contributed by atoms with Crippen LogP contribution in [0.15, 0.2) is 26.3 Å². The van der Waals surface area contributed by atoms with Gasteiger partial charge in [0.25, 0.3) is 0 Å². The van der Waals surface area contributed by atoms with Gasteiger partial charge in [-0.2, -0.15) is 13.4 Å². The molecule has 9 nitrogen and oxygen atoms in total. The van der Waals surface area contributed by atoms with E-state index in [-0.39, 0.29) is 11.8 Å². The molecular formula is C8H13N7O2S3. The van der Waals surface area contributed by atoms with E-state index in [0.29, 0.717) is 10.9 Å². The van der Waals surface area contributed by atoms with Crippen LogP contribution in [0.25, 0.3) is 0 Å². The smallest absolute Gasteiger partial charge is 0.319 e. The first kappa shape index (κ1) is 16.4. The van der Waals surface area contributed by atoms with Crippen molar-refractivity contribution in [1.82, 2.24) is 4.98 Å². The van der Waals surface area contributed by atoms with E-state index in [2.05, 4.69) is 14.4 Å². The number of hydrogen-bond acceptors (Lipinski definition) is 6. The fourth-order valence-corrected chi connectivity index (χ4v) is 2.77. The van der Waals surface area contributed by atoms with Gasteiger partial charge >= 0.3 is 10.2 Å². The van der Waals surface area contributed by atoms with E-state index < -0.39 is 10.2 Å². The number of rotatable bonds is 6. The van der Waals surface area contributed by atoms with Gasteiger partial charge in [0.15, 0.2) is 5.96 Å². The largest absolute Gasteiger partial charge is 0.383 e. The Morgan fingerprint density at radius 3 is 2.75 bits per heavy atom. The van der Waals surface area contributed by atoms with E-state index in [4.69, 9.17) is 22.3 Å². The third-order valence-electron chi connectivity index (χ3n) is 1.56. The molecule has 0 aliphatic heterocycles. The summed E-state index contributed by atoms with van der Waals surface area (Å²) < 4.78 is 24.3. The molecule has 20 heavy (non-hydrogen) atoms. The van der Waals surface area contributed by atoms with E-state index >= 15 is 0 Å². The van der Waals surface area contributed by atoms with Gasteiger partial charge in [-0.05, 0) is 11.5 Å². The van der Waals surface area contributed by atoms with Crippen LogP contribution in [0.5, 0.6) is 0 Å². The lowest BCUT2D eigenvalue weighted by molar-refractivity contribution is 0.599. The summed E-state index contributed by atoms with van der Waals surface area (Å²) in [7, 11) is -3.97. The van der Waals surface area contributed by atoms with Crippen LogP contribution in [0.3, 0.4) is 0 Å². The Labute approximate surface area is 124 Å². The molecule has 0 radical (unpaired) electrons. The number of thioether (sulfide) groups is 1. The second kappa shape index (κ2) is 7.23. The minimum atomic E-state index is -3.97. The third kappa shape index (κ3) is 7.08. The average molecular weight is 335 g/mol. The zero-order valence-corrected chi connectivity index (χ0v) is 12.6. The highest BCUT2D eigenvalue weighted by Crippen LogP contribution is 2.21. The maximum atomic E-state index is 10.6. The van der Waals surface area contributed by atoms with Gasteiger partial charge in [0.05, 0.1) is 5.69 Å². The van der Waals surface area contributed by atoms with E-state index in [0.717, 1.165) is 5.69 Å². The number of nitrogens with zero attached hydrogens (tertiary/aromatic N) is 3. The van der Waals surface area contributed by atoms with Crippen LogP contribution in [-0.4, -0.2) is 25.2 Å². The number of hydrogen-bond donors (Lipinski definition) is 4. The number of nitrogens with two attached hydrogens (primary N) is 4. The van der Waals surface area contributed by atoms with Crippen molar-refractivity contribution in [3.63, 3.8) is 0 Å². The highest BCUT2D eigenvalue weighted by Gasteiger charge is 2.01. The molecule has 0 aromatic carbocycles. The van der Waals surface area contributed by atoms with Crippen molar-refractivity contribution in [2.45, 2.75) is 5.75 Å². The maximum Gasteiger partial charge on any atom is 0.319 e. The lowest BCUT2D eigenvalue weighted by atomic mass is 10.6. The lowest BCUT2D eigenvalue weighted by Crippen LogP contribution is -2.21. The van der Waals surface area contributed by atoms with E-state index in [9.17, 15) is 8.42 Å². The summed E-state index contributed by atoms with van der Waals surface area (Å²) in [6, 6.07) is 0. The first-order valence-electron chi connectivity index (χ1n) is 4.96. The molecule has 0 bridgehead atoms. The number of amidine groups is 1. The number of aromatic nitrogens is 1. The van der Waals surface area contributed by atoms with Crippen LogP contribution >= 0.6 is 23.1 Å². The fraction of sp³-hybridized carbons (Fsp3) is 0.125. The Morgan fingerprint density at radius 1 is 1.45 bits per heavy atom. The molecule has 1 heterocycles. The standard InChI is InChI=1S/C8H13N7O2S3/c9-6(15-20(12,16)17)1-2-18-3-5-4-19-8(13-5)14-7(10)11/h1-2,4H,3H2,(H2,9,15)(H2,12,16,17)(H4,10,11,13,14)/b2-1+. The van der Waals surface area contributed by atoms with E-state index in [1.54, 1.807) is 5.41 Å². The van der Waals surface area contributed by atoms with Gasteiger partial charge in [-0.15, -0.1) is 27.5 Å². The number of thiazole rings is 1. The maximum absolute atomic E-state index is 10.6. The van der Waals surface area contributed by atoms with Gasteiger partial charge < -0.3 is 17.2 Å². The van der Waals surface area contributed by atoms with Crippen molar-refractivity contribution in [2.75, 3.05) is 0 Å². The van der Waals surface area contributed by atoms with Crippen LogP contribution in [0.4, 0.5) is 5.13 Å². The molecule has 0 unspecified atom stereocenters. The first-order chi connectivity index (χ1) is 9.26. The van der Waals surface area contributed by atoms with Crippen LogP contribution in [0.2, 0.25) is 0 Å². The molecule has 110 valence electrons. The zero-order chi connectivity index (χ0) is 15.2. The Kier molecular flexibility index (Phi) is 5.94. The van der Waals surface area contributed by atoms with Gasteiger partial charge in [-0.25, -0.2) is 10.1 Å². The monoisotopic (exact) mass is 335 g/mol. The van der Waals surface area contributed by atoms with Crippen LogP contribution in [0, 0.1) is 0 Å². The lowest BCUT2D eigenvalue weighted by Gasteiger charge is -1.92. The predicted octanol–water partition coefficient (Wildman–Crippen LogP) is -0.644. The van der Waals surface area contributed by atoms with Gasteiger partial charge in [-0.3, -0.25) is 0 Å². The Hall–Kier alpha value is -1.63. The average Bonchev–Trinajstić information content (AvgIpc) is 2.68. The molecule has 1 aromatic rings. The number of aliphatic imine (C=N–C) groups is 1. The molecule has 0 fully saturated rings. The minimum Gasteiger partial charge on any atom is -0.383 e. The second-order valence-electron chi connectivity index (χ2n) is 3.30. The molecule has 0 aliphatic rings.